The van der Waals surface area contributed by atoms with E-state index in [-0.39, 0.29) is 0 Å². The molecule has 0 aliphatic carbocycles. The van der Waals surface area contributed by atoms with Crippen LogP contribution in [0.25, 0.3) is 10.7 Å². The molecule has 0 aliphatic heterocycles. The number of nitrogens with one attached hydrogen (secondary N) is 1. The molecule has 0 amide bonds. The lowest BCUT2D eigenvalue weighted by atomic mass is 10.4. The van der Waals surface area contributed by atoms with Gasteiger partial charge in [0.2, 0.25) is 5.13 Å². The van der Waals surface area contributed by atoms with E-state index in [2.05, 4.69) is 25.2 Å². The van der Waals surface area contributed by atoms with Crippen molar-refractivity contribution in [3.63, 3.8) is 0 Å². The predicted octanol–water partition coefficient (Wildman–Crippen LogP) is 1.08. The van der Waals surface area contributed by atoms with Gasteiger partial charge < -0.3 is 14.9 Å². The normalized spacial score (nSPS) is 12.3. The van der Waals surface area contributed by atoms with E-state index in [0.29, 0.717) is 15.8 Å². The first-order valence-corrected chi connectivity index (χ1v) is 5.22. The van der Waals surface area contributed by atoms with Gasteiger partial charge in [-0.15, -0.1) is 10.2 Å². The minimum absolute atomic E-state index is 0.438. The molecule has 0 fully saturated rings. The van der Waals surface area contributed by atoms with E-state index in [1.54, 1.807) is 6.07 Å². The molecule has 16 heavy (non-hydrogen) atoms. The molecular weight excluding hydrogens is 232 g/mol. The van der Waals surface area contributed by atoms with E-state index in [0.717, 1.165) is 0 Å². The minimum atomic E-state index is -0.946. The predicted molar refractivity (Wildman–Crippen MR) is 56.1 cm³/mol. The minimum Gasteiger partial charge on any atom is -0.480 e. The Balaban J connectivity index is 2.11. The van der Waals surface area contributed by atoms with Crippen molar-refractivity contribution >= 4 is 22.4 Å². The van der Waals surface area contributed by atoms with Crippen LogP contribution in [0.1, 0.15) is 6.92 Å². The number of carbonyl (C=O) groups is 1. The molecule has 8 heteroatoms. The van der Waals surface area contributed by atoms with E-state index < -0.39 is 12.0 Å². The van der Waals surface area contributed by atoms with Crippen molar-refractivity contribution < 1.29 is 14.4 Å². The first-order chi connectivity index (χ1) is 7.66. The number of hydrogen-bond acceptors (Lipinski definition) is 7. The van der Waals surface area contributed by atoms with Gasteiger partial charge in [0.25, 0.3) is 0 Å². The highest BCUT2D eigenvalue weighted by atomic mass is 32.1. The maximum absolute atomic E-state index is 10.6. The standard InChI is InChI=1S/C8H8N4O3S/c1-4(7(13)14)9-8-11-10-6(16-8)5-2-3-15-12-5/h2-4H,1H3,(H,9,11)(H,13,14). The SMILES string of the molecule is CC(Nc1nnc(-c2ccon2)s1)C(=O)O. The topological polar surface area (TPSA) is 101 Å². The van der Waals surface area contributed by atoms with Crippen LogP contribution in [0.3, 0.4) is 0 Å². The van der Waals surface area contributed by atoms with Crippen LogP contribution in [-0.4, -0.2) is 32.5 Å². The van der Waals surface area contributed by atoms with Crippen LogP contribution in [0.2, 0.25) is 0 Å². The van der Waals surface area contributed by atoms with Crippen molar-refractivity contribution in [3.05, 3.63) is 12.3 Å². The first kappa shape index (κ1) is 10.6. The molecule has 0 aliphatic rings. The van der Waals surface area contributed by atoms with Gasteiger partial charge in [-0.2, -0.15) is 0 Å². The van der Waals surface area contributed by atoms with Gasteiger partial charge in [0, 0.05) is 6.07 Å². The van der Waals surface area contributed by atoms with E-state index >= 15 is 0 Å². The fourth-order valence-corrected chi connectivity index (χ4v) is 1.75. The van der Waals surface area contributed by atoms with E-state index in [4.69, 9.17) is 5.11 Å². The maximum Gasteiger partial charge on any atom is 0.325 e. The molecule has 7 nitrogen and oxygen atoms in total. The molecule has 1 unspecified atom stereocenters. The van der Waals surface area contributed by atoms with Crippen molar-refractivity contribution in [1.29, 1.82) is 0 Å². The van der Waals surface area contributed by atoms with E-state index in [1.807, 2.05) is 0 Å². The van der Waals surface area contributed by atoms with Crippen molar-refractivity contribution in [3.8, 4) is 10.7 Å². The largest absolute Gasteiger partial charge is 0.480 e. The third-order valence-corrected chi connectivity index (χ3v) is 2.67. The average molecular weight is 240 g/mol. The van der Waals surface area contributed by atoms with Gasteiger partial charge in [-0.25, -0.2) is 0 Å². The number of aromatic nitrogens is 3. The van der Waals surface area contributed by atoms with Gasteiger partial charge >= 0.3 is 5.97 Å². The molecule has 0 saturated carbocycles. The molecule has 0 radical (unpaired) electrons. The molecule has 2 aromatic heterocycles. The zero-order valence-electron chi connectivity index (χ0n) is 8.25. The van der Waals surface area contributed by atoms with Crippen molar-refractivity contribution in [2.45, 2.75) is 13.0 Å². The summed E-state index contributed by atoms with van der Waals surface area (Å²) >= 11 is 1.22. The molecule has 0 bridgehead atoms. The highest BCUT2D eigenvalue weighted by Gasteiger charge is 2.14. The van der Waals surface area contributed by atoms with E-state index in [9.17, 15) is 4.79 Å². The Labute approximate surface area is 94.1 Å². The van der Waals surface area contributed by atoms with E-state index in [1.165, 1.54) is 24.5 Å². The molecular formula is C8H8N4O3S. The summed E-state index contributed by atoms with van der Waals surface area (Å²) in [5.41, 5.74) is 0.577. The summed E-state index contributed by atoms with van der Waals surface area (Å²) in [6.45, 7) is 1.53. The lowest BCUT2D eigenvalue weighted by Gasteiger charge is -2.05. The van der Waals surface area contributed by atoms with Crippen LogP contribution in [0.5, 0.6) is 0 Å². The summed E-state index contributed by atoms with van der Waals surface area (Å²) in [6, 6.07) is 0.948. The third kappa shape index (κ3) is 2.16. The highest BCUT2D eigenvalue weighted by molar-refractivity contribution is 7.18. The second-order valence-electron chi connectivity index (χ2n) is 3.00. The molecule has 2 heterocycles. The fraction of sp³-hybridized carbons (Fsp3) is 0.250. The zero-order valence-corrected chi connectivity index (χ0v) is 9.06. The summed E-state index contributed by atoms with van der Waals surface area (Å²) in [6.07, 6.45) is 1.43. The van der Waals surface area contributed by atoms with Crippen LogP contribution >= 0.6 is 11.3 Å². The third-order valence-electron chi connectivity index (χ3n) is 1.79. The highest BCUT2D eigenvalue weighted by Crippen LogP contribution is 2.24. The molecule has 1 atom stereocenters. The Morgan fingerprint density at radius 3 is 3.06 bits per heavy atom. The molecule has 84 valence electrons. The molecule has 2 rings (SSSR count). The molecule has 0 aromatic carbocycles. The van der Waals surface area contributed by atoms with Crippen LogP contribution in [-0.2, 0) is 4.79 Å². The smallest absolute Gasteiger partial charge is 0.325 e. The zero-order chi connectivity index (χ0) is 11.5. The van der Waals surface area contributed by atoms with Gasteiger partial charge in [0.1, 0.15) is 18.0 Å². The quantitative estimate of drug-likeness (QED) is 0.824. The van der Waals surface area contributed by atoms with Crippen molar-refractivity contribution in [2.75, 3.05) is 5.32 Å². The summed E-state index contributed by atoms with van der Waals surface area (Å²) in [7, 11) is 0. The summed E-state index contributed by atoms with van der Waals surface area (Å²) < 4.78 is 4.67. The van der Waals surface area contributed by atoms with Crippen LogP contribution in [0.4, 0.5) is 5.13 Å². The average Bonchev–Trinajstić information content (AvgIpc) is 2.85. The lowest BCUT2D eigenvalue weighted by Crippen LogP contribution is -2.25. The van der Waals surface area contributed by atoms with Gasteiger partial charge in [0.05, 0.1) is 0 Å². The van der Waals surface area contributed by atoms with Gasteiger partial charge in [-0.1, -0.05) is 16.5 Å². The lowest BCUT2D eigenvalue weighted by molar-refractivity contribution is -0.137. The first-order valence-electron chi connectivity index (χ1n) is 4.40. The molecule has 0 spiro atoms. The second-order valence-corrected chi connectivity index (χ2v) is 3.98. The number of nitrogens with zero attached hydrogens (tertiary/aromatic N) is 3. The van der Waals surface area contributed by atoms with Gasteiger partial charge in [-0.05, 0) is 6.92 Å². The number of rotatable bonds is 4. The molecule has 2 N–H and O–H groups in total. The summed E-state index contributed by atoms with van der Waals surface area (Å²) in [5.74, 6) is -0.946. The second kappa shape index (κ2) is 4.27. The number of aliphatic carboxylic acids is 1. The maximum atomic E-state index is 10.6. The fourth-order valence-electron chi connectivity index (χ4n) is 0.955. The van der Waals surface area contributed by atoms with Crippen LogP contribution < -0.4 is 5.32 Å². The summed E-state index contributed by atoms with van der Waals surface area (Å²) in [4.78, 5) is 10.6. The Kier molecular flexibility index (Phi) is 2.82. The Bertz CT molecular complexity index is 481. The van der Waals surface area contributed by atoms with Gasteiger partial charge in [-0.3, -0.25) is 4.79 Å². The molecule has 2 aromatic rings. The van der Waals surface area contributed by atoms with Crippen LogP contribution in [0, 0.1) is 0 Å². The number of carboxylic acids is 1. The number of carboxylic acid groups (broad SMARTS) is 1. The Hall–Kier alpha value is -1.96. The molecule has 0 saturated heterocycles. The number of anilines is 1. The number of hydrogen-bond donors (Lipinski definition) is 2. The monoisotopic (exact) mass is 240 g/mol. The van der Waals surface area contributed by atoms with Crippen molar-refractivity contribution in [2.24, 2.45) is 0 Å². The van der Waals surface area contributed by atoms with Crippen LogP contribution in [0.15, 0.2) is 16.9 Å². The van der Waals surface area contributed by atoms with Gasteiger partial charge in [0.15, 0.2) is 5.01 Å². The Morgan fingerprint density at radius 2 is 2.44 bits per heavy atom. The van der Waals surface area contributed by atoms with Crippen molar-refractivity contribution in [1.82, 2.24) is 15.4 Å². The Morgan fingerprint density at radius 1 is 1.62 bits per heavy atom. The summed E-state index contributed by atoms with van der Waals surface area (Å²) in [5, 5.41) is 23.8.